The number of benzene rings is 3. The lowest BCUT2D eigenvalue weighted by Crippen LogP contribution is -2.64. The maximum atomic E-state index is 13.3. The molecule has 0 amide bonds. The molecular formula is C42H54O9S2. The molecule has 11 heteroatoms. The van der Waals surface area contributed by atoms with Gasteiger partial charge < -0.3 is 14.9 Å². The van der Waals surface area contributed by atoms with Crippen LogP contribution in [0.4, 0.5) is 0 Å². The molecule has 1 unspecified atom stereocenters. The number of fused-ring (bicyclic) bond motifs is 5. The Hall–Kier alpha value is -2.64. The van der Waals surface area contributed by atoms with Gasteiger partial charge in [0.15, 0.2) is 0 Å². The van der Waals surface area contributed by atoms with Gasteiger partial charge in [-0.15, -0.1) is 0 Å². The molecule has 4 saturated carbocycles. The molecule has 288 valence electrons. The van der Waals surface area contributed by atoms with Crippen LogP contribution in [0.3, 0.4) is 0 Å². The lowest BCUT2D eigenvalue weighted by atomic mass is 9.43. The number of ether oxygens (including phenoxy) is 1. The highest BCUT2D eigenvalue weighted by atomic mass is 32.2. The molecule has 4 aliphatic rings. The first-order valence-electron chi connectivity index (χ1n) is 19.1. The van der Waals surface area contributed by atoms with E-state index in [1.54, 1.807) is 24.3 Å². The van der Waals surface area contributed by atoms with Gasteiger partial charge >= 0.3 is 0 Å². The molecule has 53 heavy (non-hydrogen) atoms. The van der Waals surface area contributed by atoms with Crippen molar-refractivity contribution < 1.29 is 40.2 Å². The van der Waals surface area contributed by atoms with Gasteiger partial charge in [-0.1, -0.05) is 79.6 Å². The van der Waals surface area contributed by atoms with Crippen molar-refractivity contribution in [3.05, 3.63) is 95.6 Å². The Kier molecular flexibility index (Phi) is 10.3. The van der Waals surface area contributed by atoms with Crippen molar-refractivity contribution in [3.8, 4) is 0 Å². The summed E-state index contributed by atoms with van der Waals surface area (Å²) in [5, 5.41) is 24.9. The second kappa shape index (κ2) is 14.1. The molecule has 3 aromatic rings. The van der Waals surface area contributed by atoms with E-state index in [9.17, 15) is 27.0 Å². The molecule has 9 nitrogen and oxygen atoms in total. The first-order chi connectivity index (χ1) is 25.0. The van der Waals surface area contributed by atoms with Crippen molar-refractivity contribution >= 4 is 20.2 Å². The van der Waals surface area contributed by atoms with Crippen molar-refractivity contribution in [2.24, 2.45) is 28.6 Å². The van der Waals surface area contributed by atoms with E-state index in [0.717, 1.165) is 61.6 Å². The molecule has 4 fully saturated rings. The summed E-state index contributed by atoms with van der Waals surface area (Å²) in [6.07, 6.45) is 5.67. The minimum absolute atomic E-state index is 0.0107. The molecule has 0 bridgehead atoms. The lowest BCUT2D eigenvalue weighted by molar-refractivity contribution is -0.239. The quantitative estimate of drug-likeness (QED) is 0.194. The van der Waals surface area contributed by atoms with Gasteiger partial charge in [-0.2, -0.15) is 16.8 Å². The molecule has 4 aliphatic carbocycles. The fraction of sp³-hybridized carbons (Fsp3) is 0.571. The van der Waals surface area contributed by atoms with Gasteiger partial charge in [-0.3, -0.25) is 8.37 Å². The van der Waals surface area contributed by atoms with Crippen LogP contribution in [-0.2, 0) is 38.9 Å². The van der Waals surface area contributed by atoms with E-state index in [1.807, 2.05) is 44.2 Å². The summed E-state index contributed by atoms with van der Waals surface area (Å²) >= 11 is 0. The molecule has 0 radical (unpaired) electrons. The third kappa shape index (κ3) is 6.83. The van der Waals surface area contributed by atoms with Crippen LogP contribution in [0.25, 0.3) is 0 Å². The third-order valence-corrected chi connectivity index (χ3v) is 16.7. The highest BCUT2D eigenvalue weighted by Crippen LogP contribution is 2.71. The monoisotopic (exact) mass is 766 g/mol. The minimum Gasteiger partial charge on any atom is -0.389 e. The molecular weight excluding hydrogens is 713 g/mol. The number of hydrogen-bond donors (Lipinski definition) is 2. The van der Waals surface area contributed by atoms with Crippen LogP contribution in [0.5, 0.6) is 0 Å². The van der Waals surface area contributed by atoms with Crippen molar-refractivity contribution in [1.29, 1.82) is 0 Å². The van der Waals surface area contributed by atoms with Crippen LogP contribution in [0, 0.1) is 42.4 Å². The average molecular weight is 767 g/mol. The number of aliphatic hydroxyl groups is 2. The van der Waals surface area contributed by atoms with Crippen LogP contribution in [0.1, 0.15) is 88.3 Å². The highest BCUT2D eigenvalue weighted by Gasteiger charge is 2.72. The van der Waals surface area contributed by atoms with Crippen LogP contribution >= 0.6 is 0 Å². The van der Waals surface area contributed by atoms with E-state index >= 15 is 0 Å². The summed E-state index contributed by atoms with van der Waals surface area (Å²) in [6, 6.07) is 22.4. The molecule has 0 aromatic heterocycles. The Morgan fingerprint density at radius 1 is 0.698 bits per heavy atom. The number of rotatable bonds is 11. The largest absolute Gasteiger partial charge is 0.389 e. The van der Waals surface area contributed by atoms with Crippen LogP contribution in [-0.4, -0.2) is 58.1 Å². The number of aryl methyl sites for hydroxylation is 2. The summed E-state index contributed by atoms with van der Waals surface area (Å²) in [7, 11) is -8.43. The summed E-state index contributed by atoms with van der Waals surface area (Å²) in [6.45, 7) is 7.49. The Bertz CT molecular complexity index is 1990. The van der Waals surface area contributed by atoms with E-state index in [4.69, 9.17) is 13.1 Å². The maximum absolute atomic E-state index is 13.3. The second-order valence-electron chi connectivity index (χ2n) is 16.8. The van der Waals surface area contributed by atoms with E-state index < -0.39 is 49.6 Å². The molecule has 2 N–H and O–H groups in total. The first-order valence-corrected chi connectivity index (χ1v) is 21.9. The summed E-state index contributed by atoms with van der Waals surface area (Å²) < 4.78 is 70.2. The van der Waals surface area contributed by atoms with Crippen molar-refractivity contribution in [2.45, 2.75) is 119 Å². The predicted molar refractivity (Wildman–Crippen MR) is 201 cm³/mol. The van der Waals surface area contributed by atoms with Crippen molar-refractivity contribution in [1.82, 2.24) is 0 Å². The van der Waals surface area contributed by atoms with Crippen molar-refractivity contribution in [2.75, 3.05) is 13.2 Å². The SMILES string of the molecule is Cc1ccc(S(=O)(=O)OCC(CO[C@H]2CC[C@@]3(C)[C@H](CC[C@@H]4[C@@H]3CC[C@]3(C)[C@@](O)(c5ccccc5)CC[C@]43O)C2)OS(=O)(=O)c2ccc(C)cc2)cc1. The zero-order valence-corrected chi connectivity index (χ0v) is 32.9. The van der Waals surface area contributed by atoms with E-state index in [0.29, 0.717) is 24.7 Å². The van der Waals surface area contributed by atoms with E-state index in [1.165, 1.54) is 24.3 Å². The fourth-order valence-electron chi connectivity index (χ4n) is 10.8. The standard InChI is InChI=1S/C42H54O9S2/c1-29-10-15-35(16-11-29)52(45,46)50-28-34(51-53(47,48)36-17-12-30(2)13-18-36)27-49-33-20-22-39(3)32(26-33)14-19-38-37(39)21-23-40(4)41(43,24-25-42(38,40)44)31-8-6-5-7-9-31/h5-13,15-18,32-34,37-38,43-44H,14,19-28H2,1-4H3/t32-,33+,34?,37+,38-,39+,40-,41+,42+/m1/s1. The molecule has 0 aliphatic heterocycles. The van der Waals surface area contributed by atoms with Crippen LogP contribution in [0.15, 0.2) is 88.7 Å². The van der Waals surface area contributed by atoms with Crippen molar-refractivity contribution in [3.63, 3.8) is 0 Å². The minimum atomic E-state index is -4.25. The summed E-state index contributed by atoms with van der Waals surface area (Å²) in [5.74, 6) is 0.753. The molecule has 3 aromatic carbocycles. The smallest absolute Gasteiger partial charge is 0.297 e. The van der Waals surface area contributed by atoms with Gasteiger partial charge in [0.2, 0.25) is 0 Å². The Balaban J connectivity index is 1.04. The summed E-state index contributed by atoms with van der Waals surface area (Å²) in [4.78, 5) is -0.0595. The van der Waals surface area contributed by atoms with Gasteiger partial charge in [0.1, 0.15) is 6.10 Å². The topological polar surface area (TPSA) is 136 Å². The normalized spacial score (nSPS) is 34.8. The summed E-state index contributed by atoms with van der Waals surface area (Å²) in [5.41, 5.74) is -0.0192. The predicted octanol–water partition coefficient (Wildman–Crippen LogP) is 7.21. The highest BCUT2D eigenvalue weighted by molar-refractivity contribution is 7.87. The van der Waals surface area contributed by atoms with E-state index in [-0.39, 0.29) is 33.8 Å². The second-order valence-corrected chi connectivity index (χ2v) is 20.0. The zero-order valence-electron chi connectivity index (χ0n) is 31.2. The molecule has 0 spiro atoms. The van der Waals surface area contributed by atoms with Gasteiger partial charge in [0.25, 0.3) is 20.2 Å². The Morgan fingerprint density at radius 2 is 1.32 bits per heavy atom. The Labute approximate surface area is 315 Å². The molecule has 0 saturated heterocycles. The average Bonchev–Trinajstić information content (AvgIpc) is 3.36. The third-order valence-electron chi connectivity index (χ3n) is 14.0. The van der Waals surface area contributed by atoms with Gasteiger partial charge in [0, 0.05) is 5.41 Å². The fourth-order valence-corrected chi connectivity index (χ4v) is 12.7. The van der Waals surface area contributed by atoms with Crippen LogP contribution in [0.2, 0.25) is 0 Å². The van der Waals surface area contributed by atoms with Gasteiger partial charge in [-0.05, 0) is 125 Å². The van der Waals surface area contributed by atoms with E-state index in [2.05, 4.69) is 13.8 Å². The molecule has 9 atom stereocenters. The van der Waals surface area contributed by atoms with Gasteiger partial charge in [-0.25, -0.2) is 0 Å². The van der Waals surface area contributed by atoms with Crippen LogP contribution < -0.4 is 0 Å². The zero-order chi connectivity index (χ0) is 37.9. The molecule has 0 heterocycles. The lowest BCUT2D eigenvalue weighted by Gasteiger charge is -2.64. The maximum Gasteiger partial charge on any atom is 0.297 e. The molecule has 7 rings (SSSR count). The Morgan fingerprint density at radius 3 is 1.96 bits per heavy atom. The first kappa shape index (κ1) is 38.6. The number of hydrogen-bond acceptors (Lipinski definition) is 9. The van der Waals surface area contributed by atoms with Gasteiger partial charge in [0.05, 0.1) is 40.3 Å².